The van der Waals surface area contributed by atoms with Crippen molar-refractivity contribution in [2.75, 3.05) is 0 Å². The predicted octanol–water partition coefficient (Wildman–Crippen LogP) is 0.539. The van der Waals surface area contributed by atoms with Gasteiger partial charge in [-0.05, 0) is 23.6 Å². The Labute approximate surface area is 88.9 Å². The highest BCUT2D eigenvalue weighted by Crippen LogP contribution is 2.13. The number of nitrogens with one attached hydrogen (secondary N) is 1. The lowest BCUT2D eigenvalue weighted by molar-refractivity contribution is -0.116. The van der Waals surface area contributed by atoms with Gasteiger partial charge in [-0.25, -0.2) is 5.84 Å². The molecular weight excluding hydrogens is 190 g/mol. The third kappa shape index (κ3) is 3.19. The molecule has 0 aromatic heterocycles. The summed E-state index contributed by atoms with van der Waals surface area (Å²) in [4.78, 5) is 11.0. The molecule has 5 N–H and O–H groups in total. The van der Waals surface area contributed by atoms with Crippen LogP contribution in [-0.4, -0.2) is 5.91 Å². The summed E-state index contributed by atoms with van der Waals surface area (Å²) >= 11 is 0. The normalized spacial score (nSPS) is 11.3. The van der Waals surface area contributed by atoms with Crippen molar-refractivity contribution in [3.05, 3.63) is 41.5 Å². The lowest BCUT2D eigenvalue weighted by atomic mass is 10.1. The summed E-state index contributed by atoms with van der Waals surface area (Å²) < 4.78 is 0. The Morgan fingerprint density at radius 3 is 2.47 bits per heavy atom. The van der Waals surface area contributed by atoms with E-state index in [9.17, 15) is 4.79 Å². The fourth-order valence-corrected chi connectivity index (χ4v) is 1.23. The average Bonchev–Trinajstić information content (AvgIpc) is 2.29. The van der Waals surface area contributed by atoms with Crippen LogP contribution in [0.25, 0.3) is 5.57 Å². The van der Waals surface area contributed by atoms with Crippen molar-refractivity contribution in [2.45, 2.75) is 13.5 Å². The van der Waals surface area contributed by atoms with Crippen molar-refractivity contribution < 1.29 is 4.79 Å². The summed E-state index contributed by atoms with van der Waals surface area (Å²) in [6.07, 6.45) is 1.46. The molecule has 1 amide bonds. The number of amides is 1. The zero-order chi connectivity index (χ0) is 11.3. The van der Waals surface area contributed by atoms with Crippen molar-refractivity contribution >= 4 is 11.5 Å². The zero-order valence-electron chi connectivity index (χ0n) is 8.66. The lowest BCUT2D eigenvalue weighted by Crippen LogP contribution is -2.28. The first-order valence-electron chi connectivity index (χ1n) is 4.65. The quantitative estimate of drug-likeness (QED) is 0.291. The Morgan fingerprint density at radius 1 is 1.40 bits per heavy atom. The van der Waals surface area contributed by atoms with Crippen LogP contribution in [0.5, 0.6) is 0 Å². The van der Waals surface area contributed by atoms with Crippen molar-refractivity contribution in [1.82, 2.24) is 5.43 Å². The molecule has 0 spiro atoms. The summed E-state index contributed by atoms with van der Waals surface area (Å²) in [7, 11) is 0. The minimum absolute atomic E-state index is 0.310. The van der Waals surface area contributed by atoms with Crippen LogP contribution in [0, 0.1) is 0 Å². The van der Waals surface area contributed by atoms with Gasteiger partial charge in [0.2, 0.25) is 0 Å². The van der Waals surface area contributed by atoms with Gasteiger partial charge in [0, 0.05) is 12.6 Å². The van der Waals surface area contributed by atoms with E-state index >= 15 is 0 Å². The van der Waals surface area contributed by atoms with E-state index in [1.165, 1.54) is 6.08 Å². The maximum Gasteiger partial charge on any atom is 0.258 e. The predicted molar refractivity (Wildman–Crippen MR) is 60.3 cm³/mol. The molecular formula is C11H15N3O. The maximum atomic E-state index is 11.0. The van der Waals surface area contributed by atoms with E-state index in [2.05, 4.69) is 5.43 Å². The molecule has 0 saturated heterocycles. The third-order valence-electron chi connectivity index (χ3n) is 2.13. The summed E-state index contributed by atoms with van der Waals surface area (Å²) in [5.74, 6) is 4.67. The summed E-state index contributed by atoms with van der Waals surface area (Å²) in [5.41, 5.74) is 10.4. The van der Waals surface area contributed by atoms with Gasteiger partial charge >= 0.3 is 0 Å². The lowest BCUT2D eigenvalue weighted by Gasteiger charge is -2.02. The van der Waals surface area contributed by atoms with Crippen LogP contribution in [0.3, 0.4) is 0 Å². The van der Waals surface area contributed by atoms with Gasteiger partial charge < -0.3 is 5.73 Å². The highest BCUT2D eigenvalue weighted by Gasteiger charge is 1.98. The van der Waals surface area contributed by atoms with E-state index in [1.54, 1.807) is 0 Å². The molecule has 1 aromatic rings. The van der Waals surface area contributed by atoms with Crippen molar-refractivity contribution in [3.63, 3.8) is 0 Å². The minimum Gasteiger partial charge on any atom is -0.326 e. The van der Waals surface area contributed by atoms with Crippen molar-refractivity contribution in [1.29, 1.82) is 0 Å². The number of nitrogens with two attached hydrogens (primary N) is 2. The number of benzene rings is 1. The highest BCUT2D eigenvalue weighted by atomic mass is 16.2. The largest absolute Gasteiger partial charge is 0.326 e. The first-order chi connectivity index (χ1) is 7.17. The fourth-order valence-electron chi connectivity index (χ4n) is 1.23. The van der Waals surface area contributed by atoms with E-state index in [0.29, 0.717) is 6.54 Å². The van der Waals surface area contributed by atoms with Crippen LogP contribution in [0.2, 0.25) is 0 Å². The number of hydrazine groups is 1. The van der Waals surface area contributed by atoms with E-state index in [-0.39, 0.29) is 5.91 Å². The van der Waals surface area contributed by atoms with Crippen LogP contribution >= 0.6 is 0 Å². The van der Waals surface area contributed by atoms with Crippen molar-refractivity contribution in [3.8, 4) is 0 Å². The molecule has 4 heteroatoms. The van der Waals surface area contributed by atoms with Gasteiger partial charge in [0.1, 0.15) is 0 Å². The van der Waals surface area contributed by atoms with Gasteiger partial charge in [0.05, 0.1) is 0 Å². The summed E-state index contributed by atoms with van der Waals surface area (Å²) in [6.45, 7) is 2.37. The van der Waals surface area contributed by atoms with Crippen molar-refractivity contribution in [2.24, 2.45) is 11.6 Å². The number of carbonyl (C=O) groups excluding carboxylic acids is 1. The Morgan fingerprint density at radius 2 is 2.00 bits per heavy atom. The topological polar surface area (TPSA) is 81.1 Å². The molecule has 1 aromatic carbocycles. The van der Waals surface area contributed by atoms with Gasteiger partial charge in [-0.1, -0.05) is 24.3 Å². The number of allylic oxidation sites excluding steroid dienone is 1. The molecule has 1 rings (SSSR count). The fraction of sp³-hybridized carbons (Fsp3) is 0.182. The zero-order valence-corrected chi connectivity index (χ0v) is 8.66. The number of hydrogen-bond donors (Lipinski definition) is 3. The second-order valence-electron chi connectivity index (χ2n) is 3.24. The van der Waals surface area contributed by atoms with Gasteiger partial charge in [-0.15, -0.1) is 0 Å². The van der Waals surface area contributed by atoms with Gasteiger partial charge in [0.25, 0.3) is 5.91 Å². The van der Waals surface area contributed by atoms with Crippen LogP contribution in [0.15, 0.2) is 30.3 Å². The maximum absolute atomic E-state index is 11.0. The minimum atomic E-state index is -0.310. The van der Waals surface area contributed by atoms with Crippen LogP contribution < -0.4 is 17.0 Å². The Hall–Kier alpha value is -1.65. The molecule has 0 saturated carbocycles. The first-order valence-corrected chi connectivity index (χ1v) is 4.65. The van der Waals surface area contributed by atoms with Gasteiger partial charge in [-0.3, -0.25) is 10.2 Å². The Kier molecular flexibility index (Phi) is 4.03. The van der Waals surface area contributed by atoms with Gasteiger partial charge in [0.15, 0.2) is 0 Å². The first kappa shape index (κ1) is 11.4. The monoisotopic (exact) mass is 205 g/mol. The van der Waals surface area contributed by atoms with Crippen LogP contribution in [0.1, 0.15) is 18.1 Å². The molecule has 0 fully saturated rings. The molecule has 0 atom stereocenters. The van der Waals surface area contributed by atoms with E-state index < -0.39 is 0 Å². The molecule has 0 aliphatic carbocycles. The molecule has 0 heterocycles. The standard InChI is InChI=1S/C11H15N3O/c1-8(6-11(15)14-13)10-4-2-9(7-12)3-5-10/h2-6H,7,12-13H2,1H3,(H,14,15). The second-order valence-corrected chi connectivity index (χ2v) is 3.24. The summed E-state index contributed by atoms with van der Waals surface area (Å²) in [6, 6.07) is 7.73. The molecule has 0 bridgehead atoms. The SMILES string of the molecule is CC(=CC(=O)NN)c1ccc(CN)cc1. The average molecular weight is 205 g/mol. The number of hydrogen-bond acceptors (Lipinski definition) is 3. The van der Waals surface area contributed by atoms with E-state index in [4.69, 9.17) is 11.6 Å². The molecule has 15 heavy (non-hydrogen) atoms. The molecule has 80 valence electrons. The molecule has 0 aliphatic rings. The third-order valence-corrected chi connectivity index (χ3v) is 2.13. The molecule has 0 aliphatic heterocycles. The number of carbonyl (C=O) groups is 1. The smallest absolute Gasteiger partial charge is 0.258 e. The second kappa shape index (κ2) is 5.29. The van der Waals surface area contributed by atoms with Crippen LogP contribution in [0.4, 0.5) is 0 Å². The molecule has 0 radical (unpaired) electrons. The number of rotatable bonds is 3. The Balaban J connectivity index is 2.87. The molecule has 0 unspecified atom stereocenters. The summed E-state index contributed by atoms with van der Waals surface area (Å²) in [5, 5.41) is 0. The van der Waals surface area contributed by atoms with Gasteiger partial charge in [-0.2, -0.15) is 0 Å². The highest BCUT2D eigenvalue weighted by molar-refractivity contribution is 5.94. The van der Waals surface area contributed by atoms with E-state index in [1.807, 2.05) is 31.2 Å². The van der Waals surface area contributed by atoms with E-state index in [0.717, 1.165) is 16.7 Å². The van der Waals surface area contributed by atoms with Crippen LogP contribution in [-0.2, 0) is 11.3 Å². The molecule has 4 nitrogen and oxygen atoms in total. The Bertz CT molecular complexity index is 368.